The lowest BCUT2D eigenvalue weighted by Crippen LogP contribution is -2.17. The van der Waals surface area contributed by atoms with E-state index < -0.39 is 0 Å². The van der Waals surface area contributed by atoms with Crippen molar-refractivity contribution in [2.45, 2.75) is 6.92 Å². The molecule has 0 atom stereocenters. The van der Waals surface area contributed by atoms with Gasteiger partial charge in [0.05, 0.1) is 5.69 Å². The molecule has 5 nitrogen and oxygen atoms in total. The fourth-order valence-electron chi connectivity index (χ4n) is 1.19. The molecule has 1 rings (SSSR count). The fraction of sp³-hybridized carbons (Fsp3) is 0.273. The topological polar surface area (TPSA) is 90.9 Å². The van der Waals surface area contributed by atoms with Crippen molar-refractivity contribution >= 4 is 27.9 Å². The van der Waals surface area contributed by atoms with Crippen LogP contribution in [-0.2, 0) is 0 Å². The Hall–Kier alpha value is -2.00. The molecule has 90 valence electrons. The van der Waals surface area contributed by atoms with Gasteiger partial charge in [0.2, 0.25) is 0 Å². The number of nitrogens with two attached hydrogens (primary N) is 1. The Morgan fingerprint density at radius 2 is 2.29 bits per heavy atom. The standard InChI is InChI=1S/C11H14N4OS/c1-6(2)5-15-11-7(4-12)8(13)9(17-11)10(16)14-3/h15H,1,5,13H2,2-3H3,(H,14,16). The Morgan fingerprint density at radius 1 is 1.65 bits per heavy atom. The number of carbonyl (C=O) groups is 1. The summed E-state index contributed by atoms with van der Waals surface area (Å²) >= 11 is 1.17. The third-order valence-electron chi connectivity index (χ3n) is 2.04. The molecule has 0 saturated heterocycles. The first-order valence-corrected chi connectivity index (χ1v) is 5.75. The van der Waals surface area contributed by atoms with Crippen LogP contribution >= 0.6 is 11.3 Å². The molecule has 1 aromatic heterocycles. The van der Waals surface area contributed by atoms with Crippen molar-refractivity contribution in [3.8, 4) is 6.07 Å². The summed E-state index contributed by atoms with van der Waals surface area (Å²) in [5, 5.41) is 15.1. The van der Waals surface area contributed by atoms with E-state index in [1.807, 2.05) is 13.0 Å². The minimum atomic E-state index is -0.285. The zero-order valence-corrected chi connectivity index (χ0v) is 10.6. The highest BCUT2D eigenvalue weighted by atomic mass is 32.1. The van der Waals surface area contributed by atoms with E-state index in [-0.39, 0.29) is 11.6 Å². The summed E-state index contributed by atoms with van der Waals surface area (Å²) < 4.78 is 0. The lowest BCUT2D eigenvalue weighted by molar-refractivity contribution is 0.0968. The van der Waals surface area contributed by atoms with E-state index in [9.17, 15) is 4.79 Å². The van der Waals surface area contributed by atoms with Crippen LogP contribution in [0, 0.1) is 11.3 Å². The van der Waals surface area contributed by atoms with Crippen molar-refractivity contribution < 1.29 is 4.79 Å². The Balaban J connectivity index is 3.10. The molecule has 0 saturated carbocycles. The SMILES string of the molecule is C=C(C)CNc1sc(C(=O)NC)c(N)c1C#N. The first-order chi connectivity index (χ1) is 8.01. The molecule has 0 aliphatic heterocycles. The maximum absolute atomic E-state index is 11.5. The summed E-state index contributed by atoms with van der Waals surface area (Å²) in [5.41, 5.74) is 7.23. The largest absolute Gasteiger partial charge is 0.396 e. The smallest absolute Gasteiger partial charge is 0.263 e. The minimum absolute atomic E-state index is 0.223. The van der Waals surface area contributed by atoms with E-state index in [2.05, 4.69) is 17.2 Å². The molecule has 1 amide bonds. The van der Waals surface area contributed by atoms with Crippen molar-refractivity contribution in [2.24, 2.45) is 0 Å². The van der Waals surface area contributed by atoms with E-state index >= 15 is 0 Å². The molecular weight excluding hydrogens is 236 g/mol. The van der Waals surface area contributed by atoms with Gasteiger partial charge in [-0.3, -0.25) is 4.79 Å². The van der Waals surface area contributed by atoms with Crippen LogP contribution in [0.25, 0.3) is 0 Å². The number of hydrogen-bond donors (Lipinski definition) is 3. The second-order valence-corrected chi connectivity index (χ2v) is 4.57. The van der Waals surface area contributed by atoms with E-state index in [0.717, 1.165) is 5.57 Å². The van der Waals surface area contributed by atoms with E-state index in [1.165, 1.54) is 18.4 Å². The first-order valence-electron chi connectivity index (χ1n) is 4.94. The lowest BCUT2D eigenvalue weighted by atomic mass is 10.2. The number of nitrogen functional groups attached to an aromatic ring is 1. The molecular formula is C11H14N4OS. The normalized spacial score (nSPS) is 9.47. The van der Waals surface area contributed by atoms with Crippen LogP contribution in [-0.4, -0.2) is 19.5 Å². The van der Waals surface area contributed by atoms with Crippen molar-refractivity contribution in [3.05, 3.63) is 22.6 Å². The Bertz CT molecular complexity index is 498. The Labute approximate surface area is 104 Å². The minimum Gasteiger partial charge on any atom is -0.396 e. The van der Waals surface area contributed by atoms with Crippen LogP contribution in [0.5, 0.6) is 0 Å². The number of rotatable bonds is 4. The average Bonchev–Trinajstić information content (AvgIpc) is 2.62. The van der Waals surface area contributed by atoms with Gasteiger partial charge in [-0.25, -0.2) is 0 Å². The molecule has 0 bridgehead atoms. The summed E-state index contributed by atoms with van der Waals surface area (Å²) in [6.07, 6.45) is 0. The molecule has 1 heterocycles. The van der Waals surface area contributed by atoms with Gasteiger partial charge in [-0.15, -0.1) is 11.3 Å². The summed E-state index contributed by atoms with van der Waals surface area (Å²) in [6, 6.07) is 2.00. The van der Waals surface area contributed by atoms with E-state index in [4.69, 9.17) is 11.0 Å². The van der Waals surface area contributed by atoms with E-state index in [0.29, 0.717) is 22.0 Å². The van der Waals surface area contributed by atoms with Gasteiger partial charge < -0.3 is 16.4 Å². The summed E-state index contributed by atoms with van der Waals surface area (Å²) in [5.74, 6) is -0.285. The van der Waals surface area contributed by atoms with Gasteiger partial charge in [-0.05, 0) is 6.92 Å². The van der Waals surface area contributed by atoms with Crippen molar-refractivity contribution in [1.82, 2.24) is 5.32 Å². The highest BCUT2D eigenvalue weighted by Gasteiger charge is 2.19. The molecule has 6 heteroatoms. The highest BCUT2D eigenvalue weighted by Crippen LogP contribution is 2.35. The molecule has 0 aliphatic carbocycles. The number of nitrogens with one attached hydrogen (secondary N) is 2. The number of amides is 1. The molecule has 4 N–H and O–H groups in total. The molecule has 1 aromatic rings. The Kier molecular flexibility index (Phi) is 4.12. The van der Waals surface area contributed by atoms with Gasteiger partial charge in [0.1, 0.15) is 21.5 Å². The predicted molar refractivity (Wildman–Crippen MR) is 70.1 cm³/mol. The Morgan fingerprint density at radius 3 is 2.76 bits per heavy atom. The number of anilines is 2. The zero-order chi connectivity index (χ0) is 13.0. The molecule has 0 spiro atoms. The van der Waals surface area contributed by atoms with Crippen molar-refractivity contribution in [1.29, 1.82) is 5.26 Å². The van der Waals surface area contributed by atoms with Crippen LogP contribution in [0.15, 0.2) is 12.2 Å². The zero-order valence-electron chi connectivity index (χ0n) is 9.76. The monoisotopic (exact) mass is 250 g/mol. The molecule has 0 aromatic carbocycles. The maximum Gasteiger partial charge on any atom is 0.263 e. The van der Waals surface area contributed by atoms with Gasteiger partial charge in [-0.2, -0.15) is 5.26 Å². The third-order valence-corrected chi connectivity index (χ3v) is 3.20. The molecule has 0 aliphatic rings. The van der Waals surface area contributed by atoms with E-state index in [1.54, 1.807) is 0 Å². The number of thiophene rings is 1. The number of hydrogen-bond acceptors (Lipinski definition) is 5. The van der Waals surface area contributed by atoms with Crippen LogP contribution in [0.4, 0.5) is 10.7 Å². The molecule has 17 heavy (non-hydrogen) atoms. The van der Waals surface area contributed by atoms with Gasteiger partial charge in [0.25, 0.3) is 5.91 Å². The van der Waals surface area contributed by atoms with Crippen LogP contribution in [0.2, 0.25) is 0 Å². The quantitative estimate of drug-likeness (QED) is 0.707. The van der Waals surface area contributed by atoms with Gasteiger partial charge in [-0.1, -0.05) is 12.2 Å². The second kappa shape index (κ2) is 5.37. The fourth-order valence-corrected chi connectivity index (χ4v) is 2.21. The number of carbonyl (C=O) groups excluding carboxylic acids is 1. The third kappa shape index (κ3) is 2.77. The molecule has 0 unspecified atom stereocenters. The lowest BCUT2D eigenvalue weighted by Gasteiger charge is -2.02. The first kappa shape index (κ1) is 13.1. The summed E-state index contributed by atoms with van der Waals surface area (Å²) in [4.78, 5) is 11.9. The summed E-state index contributed by atoms with van der Waals surface area (Å²) in [6.45, 7) is 6.17. The second-order valence-electron chi connectivity index (χ2n) is 3.55. The van der Waals surface area contributed by atoms with Crippen LogP contribution in [0.1, 0.15) is 22.2 Å². The average molecular weight is 250 g/mol. The van der Waals surface area contributed by atoms with Crippen LogP contribution < -0.4 is 16.4 Å². The van der Waals surface area contributed by atoms with Crippen LogP contribution in [0.3, 0.4) is 0 Å². The predicted octanol–water partition coefficient (Wildman–Crippen LogP) is 1.55. The number of nitriles is 1. The summed E-state index contributed by atoms with van der Waals surface area (Å²) in [7, 11) is 1.52. The van der Waals surface area contributed by atoms with Gasteiger partial charge in [0.15, 0.2) is 0 Å². The molecule has 0 fully saturated rings. The highest BCUT2D eigenvalue weighted by molar-refractivity contribution is 7.18. The number of nitrogens with zero attached hydrogens (tertiary/aromatic N) is 1. The maximum atomic E-state index is 11.5. The molecule has 0 radical (unpaired) electrons. The van der Waals surface area contributed by atoms with Crippen molar-refractivity contribution in [3.63, 3.8) is 0 Å². The van der Waals surface area contributed by atoms with Gasteiger partial charge >= 0.3 is 0 Å². The van der Waals surface area contributed by atoms with Crippen molar-refractivity contribution in [2.75, 3.05) is 24.6 Å². The van der Waals surface area contributed by atoms with Gasteiger partial charge in [0, 0.05) is 13.6 Å².